The zero-order valence-corrected chi connectivity index (χ0v) is 20.1. The molecule has 0 radical (unpaired) electrons. The number of rotatable bonds is 6. The van der Waals surface area contributed by atoms with E-state index in [1.165, 1.54) is 28.9 Å². The van der Waals surface area contributed by atoms with Crippen LogP contribution >= 0.6 is 0 Å². The number of hydrogen-bond donors (Lipinski definition) is 0. The van der Waals surface area contributed by atoms with E-state index in [-0.39, 0.29) is 23.1 Å². The van der Waals surface area contributed by atoms with Crippen LogP contribution in [0.25, 0.3) is 16.9 Å². The van der Waals surface area contributed by atoms with Crippen molar-refractivity contribution in [3.8, 4) is 22.7 Å². The molecule has 1 aliphatic rings. The lowest BCUT2D eigenvalue weighted by molar-refractivity contribution is -0.384. The summed E-state index contributed by atoms with van der Waals surface area (Å²) >= 11 is 0. The van der Waals surface area contributed by atoms with Gasteiger partial charge in [-0.2, -0.15) is 5.10 Å². The maximum atomic E-state index is 13.7. The highest BCUT2D eigenvalue weighted by atomic mass is 19.1. The van der Waals surface area contributed by atoms with E-state index in [1.807, 2.05) is 24.3 Å². The van der Waals surface area contributed by atoms with E-state index in [4.69, 9.17) is 4.74 Å². The summed E-state index contributed by atoms with van der Waals surface area (Å²) in [5.41, 5.74) is 2.70. The first-order valence-corrected chi connectivity index (χ1v) is 11.7. The first-order valence-electron chi connectivity index (χ1n) is 11.7. The molecule has 4 aromatic rings. The molecule has 10 heteroatoms. The van der Waals surface area contributed by atoms with Crippen LogP contribution in [0, 0.1) is 15.9 Å². The van der Waals surface area contributed by atoms with Crippen LogP contribution < -0.4 is 9.64 Å². The van der Waals surface area contributed by atoms with E-state index in [0.29, 0.717) is 43.1 Å². The Kier molecular flexibility index (Phi) is 6.55. The quantitative estimate of drug-likeness (QED) is 0.284. The molecule has 0 bridgehead atoms. The van der Waals surface area contributed by atoms with Gasteiger partial charge in [-0.15, -0.1) is 0 Å². The SMILES string of the molecule is COc1ccc(N2CCN(C(=O)c3cc(-c4ccc(F)cc4)nn3-c3cccc([N+](=O)[O-])c3)CC2)cc1. The number of ether oxygens (including phenoxy) is 1. The lowest BCUT2D eigenvalue weighted by Crippen LogP contribution is -2.49. The highest BCUT2D eigenvalue weighted by Crippen LogP contribution is 2.26. The van der Waals surface area contributed by atoms with Crippen LogP contribution in [-0.4, -0.2) is 58.8 Å². The predicted octanol–water partition coefficient (Wildman–Crippen LogP) is 4.56. The van der Waals surface area contributed by atoms with Crippen molar-refractivity contribution in [2.75, 3.05) is 38.2 Å². The number of aromatic nitrogens is 2. The van der Waals surface area contributed by atoms with E-state index in [0.717, 1.165) is 11.4 Å². The third-order valence-corrected chi connectivity index (χ3v) is 6.36. The van der Waals surface area contributed by atoms with Crippen LogP contribution in [0.4, 0.5) is 15.8 Å². The van der Waals surface area contributed by atoms with Gasteiger partial charge in [0.25, 0.3) is 11.6 Å². The summed E-state index contributed by atoms with van der Waals surface area (Å²) < 4.78 is 20.1. The van der Waals surface area contributed by atoms with Crippen LogP contribution in [-0.2, 0) is 0 Å². The van der Waals surface area contributed by atoms with E-state index >= 15 is 0 Å². The zero-order chi connectivity index (χ0) is 25.9. The Balaban J connectivity index is 1.43. The van der Waals surface area contributed by atoms with Gasteiger partial charge in [-0.3, -0.25) is 14.9 Å². The lowest BCUT2D eigenvalue weighted by Gasteiger charge is -2.36. The van der Waals surface area contributed by atoms with Crippen LogP contribution in [0.15, 0.2) is 78.9 Å². The number of nitrogens with zero attached hydrogens (tertiary/aromatic N) is 5. The van der Waals surface area contributed by atoms with Crippen molar-refractivity contribution >= 4 is 17.3 Å². The molecule has 1 saturated heterocycles. The van der Waals surface area contributed by atoms with Gasteiger partial charge in [0.15, 0.2) is 0 Å². The number of carbonyl (C=O) groups is 1. The molecule has 9 nitrogen and oxygen atoms in total. The molecule has 1 fully saturated rings. The molecule has 0 aliphatic carbocycles. The molecule has 2 heterocycles. The number of non-ortho nitro benzene ring substituents is 1. The number of carbonyl (C=O) groups excluding carboxylic acids is 1. The number of halogens is 1. The summed E-state index contributed by atoms with van der Waals surface area (Å²) in [5.74, 6) is 0.165. The van der Waals surface area contributed by atoms with Crippen LogP contribution in [0.5, 0.6) is 5.75 Å². The minimum atomic E-state index is -0.492. The number of piperazine rings is 1. The number of amides is 1. The molecular formula is C27H24FN5O4. The Labute approximate surface area is 212 Å². The Morgan fingerprint density at radius 1 is 0.946 bits per heavy atom. The van der Waals surface area contributed by atoms with E-state index in [2.05, 4.69) is 10.00 Å². The molecule has 0 N–H and O–H groups in total. The summed E-state index contributed by atoms with van der Waals surface area (Å²) in [6, 6.07) is 21.2. The molecule has 0 unspecified atom stereocenters. The topological polar surface area (TPSA) is 93.7 Å². The van der Waals surface area contributed by atoms with Crippen molar-refractivity contribution in [3.05, 3.63) is 100 Å². The van der Waals surface area contributed by atoms with Crippen molar-refractivity contribution < 1.29 is 18.8 Å². The summed E-state index contributed by atoms with van der Waals surface area (Å²) in [4.78, 5) is 28.5. The molecule has 1 aliphatic heterocycles. The van der Waals surface area contributed by atoms with E-state index < -0.39 is 4.92 Å². The largest absolute Gasteiger partial charge is 0.497 e. The zero-order valence-electron chi connectivity index (χ0n) is 20.1. The van der Waals surface area contributed by atoms with Crippen LogP contribution in [0.2, 0.25) is 0 Å². The first-order chi connectivity index (χ1) is 17.9. The molecule has 1 aromatic heterocycles. The fraction of sp³-hybridized carbons (Fsp3) is 0.185. The Morgan fingerprint density at radius 3 is 2.30 bits per heavy atom. The van der Waals surface area contributed by atoms with Crippen molar-refractivity contribution in [1.29, 1.82) is 0 Å². The van der Waals surface area contributed by atoms with E-state index in [9.17, 15) is 19.3 Å². The van der Waals surface area contributed by atoms with Gasteiger partial charge >= 0.3 is 0 Å². The molecular weight excluding hydrogens is 477 g/mol. The van der Waals surface area contributed by atoms with Gasteiger partial charge in [-0.25, -0.2) is 9.07 Å². The Hall–Kier alpha value is -4.73. The highest BCUT2D eigenvalue weighted by Gasteiger charge is 2.27. The Morgan fingerprint density at radius 2 is 1.65 bits per heavy atom. The first kappa shape index (κ1) is 24.0. The standard InChI is InChI=1S/C27H24FN5O4/c1-37-24-11-9-21(10-12-24)30-13-15-31(16-14-30)27(34)26-18-25(19-5-7-20(28)8-6-19)29-32(26)22-3-2-4-23(17-22)33(35)36/h2-12,17-18H,13-16H2,1H3. The normalized spacial score (nSPS) is 13.5. The minimum absolute atomic E-state index is 0.108. The predicted molar refractivity (Wildman–Crippen MR) is 137 cm³/mol. The second-order valence-corrected chi connectivity index (χ2v) is 8.59. The summed E-state index contributed by atoms with van der Waals surface area (Å²) in [7, 11) is 1.62. The smallest absolute Gasteiger partial charge is 0.272 e. The molecule has 5 rings (SSSR count). The number of benzene rings is 3. The molecule has 37 heavy (non-hydrogen) atoms. The monoisotopic (exact) mass is 501 g/mol. The maximum Gasteiger partial charge on any atom is 0.272 e. The van der Waals surface area contributed by atoms with Crippen molar-refractivity contribution in [2.45, 2.75) is 0 Å². The lowest BCUT2D eigenvalue weighted by atomic mass is 10.1. The summed E-state index contributed by atoms with van der Waals surface area (Å²) in [5, 5.41) is 15.9. The number of anilines is 1. The van der Waals surface area contributed by atoms with Gasteiger partial charge in [0.1, 0.15) is 17.3 Å². The van der Waals surface area contributed by atoms with Gasteiger partial charge in [0.05, 0.1) is 23.4 Å². The molecule has 0 saturated carbocycles. The van der Waals surface area contributed by atoms with Gasteiger partial charge in [-0.1, -0.05) is 6.07 Å². The molecule has 3 aromatic carbocycles. The van der Waals surface area contributed by atoms with Crippen LogP contribution in [0.3, 0.4) is 0 Å². The second kappa shape index (κ2) is 10.1. The maximum absolute atomic E-state index is 13.7. The van der Waals surface area contributed by atoms with Gasteiger partial charge in [0, 0.05) is 49.6 Å². The number of methoxy groups -OCH3 is 1. The third-order valence-electron chi connectivity index (χ3n) is 6.36. The van der Waals surface area contributed by atoms with Gasteiger partial charge in [0.2, 0.25) is 0 Å². The highest BCUT2D eigenvalue weighted by molar-refractivity contribution is 5.94. The molecule has 0 atom stereocenters. The van der Waals surface area contributed by atoms with E-state index in [1.54, 1.807) is 42.3 Å². The van der Waals surface area contributed by atoms with Crippen molar-refractivity contribution in [3.63, 3.8) is 0 Å². The fourth-order valence-electron chi connectivity index (χ4n) is 4.35. The Bertz CT molecular complexity index is 1430. The van der Waals surface area contributed by atoms with Crippen LogP contribution in [0.1, 0.15) is 10.5 Å². The van der Waals surface area contributed by atoms with Gasteiger partial charge in [-0.05, 0) is 60.7 Å². The third kappa shape index (κ3) is 4.99. The summed E-state index contributed by atoms with van der Waals surface area (Å²) in [6.45, 7) is 2.29. The van der Waals surface area contributed by atoms with Crippen molar-refractivity contribution in [1.82, 2.24) is 14.7 Å². The molecule has 188 valence electrons. The summed E-state index contributed by atoms with van der Waals surface area (Å²) in [6.07, 6.45) is 0. The minimum Gasteiger partial charge on any atom is -0.497 e. The number of nitro groups is 1. The molecule has 1 amide bonds. The van der Waals surface area contributed by atoms with Gasteiger partial charge < -0.3 is 14.5 Å². The second-order valence-electron chi connectivity index (χ2n) is 8.59. The molecule has 0 spiro atoms. The average molecular weight is 502 g/mol. The fourth-order valence-corrected chi connectivity index (χ4v) is 4.35. The number of hydrogen-bond acceptors (Lipinski definition) is 6. The number of nitro benzene ring substituents is 1. The van der Waals surface area contributed by atoms with Crippen molar-refractivity contribution in [2.24, 2.45) is 0 Å². The average Bonchev–Trinajstić information content (AvgIpc) is 3.39.